The van der Waals surface area contributed by atoms with Gasteiger partial charge in [0.2, 0.25) is 0 Å². The highest BCUT2D eigenvalue weighted by atomic mass is 19.1. The van der Waals surface area contributed by atoms with Crippen molar-refractivity contribution in [2.45, 2.75) is 32.6 Å². The number of aromatic amines is 1. The number of ether oxygens (including phenoxy) is 1. The molecule has 1 aliphatic carbocycles. The molecule has 4 aromatic rings. The fourth-order valence-electron chi connectivity index (χ4n) is 6.18. The minimum Gasteiger partial charge on any atom is -0.493 e. The van der Waals surface area contributed by atoms with Gasteiger partial charge in [-0.25, -0.2) is 18.9 Å². The van der Waals surface area contributed by atoms with E-state index in [9.17, 15) is 0 Å². The number of hydrogen-bond donors (Lipinski definition) is 1. The zero-order valence-corrected chi connectivity index (χ0v) is 20.4. The van der Waals surface area contributed by atoms with E-state index in [2.05, 4.69) is 43.7 Å². The van der Waals surface area contributed by atoms with Crippen molar-refractivity contribution in [3.05, 3.63) is 36.2 Å². The van der Waals surface area contributed by atoms with Gasteiger partial charge in [-0.1, -0.05) is 13.8 Å². The van der Waals surface area contributed by atoms with E-state index in [0.717, 1.165) is 48.9 Å². The predicted molar refractivity (Wildman–Crippen MR) is 132 cm³/mol. The Labute approximate surface area is 203 Å². The number of likely N-dealkylation sites (tertiary alicyclic amines) is 1. The smallest absolute Gasteiger partial charge is 0.197 e. The van der Waals surface area contributed by atoms with Gasteiger partial charge in [-0.3, -0.25) is 0 Å². The lowest BCUT2D eigenvalue weighted by atomic mass is 9.72. The molecule has 6 heterocycles. The molecular weight excluding hydrogens is 445 g/mol. The first-order chi connectivity index (χ1) is 16.9. The van der Waals surface area contributed by atoms with E-state index in [0.29, 0.717) is 33.5 Å². The molecule has 8 nitrogen and oxygen atoms in total. The van der Waals surface area contributed by atoms with Crippen LogP contribution < -0.4 is 9.64 Å². The lowest BCUT2D eigenvalue weighted by Gasteiger charge is -2.60. The van der Waals surface area contributed by atoms with Crippen molar-refractivity contribution in [3.63, 3.8) is 0 Å². The minimum absolute atomic E-state index is 0.103. The second-order valence-electron chi connectivity index (χ2n) is 11.0. The third-order valence-corrected chi connectivity index (χ3v) is 7.91. The molecule has 3 aliphatic rings. The van der Waals surface area contributed by atoms with Gasteiger partial charge in [0, 0.05) is 55.3 Å². The van der Waals surface area contributed by atoms with Crippen LogP contribution in [0.2, 0.25) is 0 Å². The summed E-state index contributed by atoms with van der Waals surface area (Å²) in [5.74, 6) is 1.89. The van der Waals surface area contributed by atoms with Gasteiger partial charge in [-0.2, -0.15) is 5.10 Å². The summed E-state index contributed by atoms with van der Waals surface area (Å²) >= 11 is 0. The van der Waals surface area contributed by atoms with Crippen molar-refractivity contribution in [3.8, 4) is 17.0 Å². The molecule has 35 heavy (non-hydrogen) atoms. The van der Waals surface area contributed by atoms with Gasteiger partial charge >= 0.3 is 0 Å². The highest BCUT2D eigenvalue weighted by Gasteiger charge is 2.53. The maximum Gasteiger partial charge on any atom is 0.197 e. The van der Waals surface area contributed by atoms with Gasteiger partial charge in [0.05, 0.1) is 24.5 Å². The summed E-state index contributed by atoms with van der Waals surface area (Å²) in [5, 5.41) is 4.91. The summed E-state index contributed by atoms with van der Waals surface area (Å²) in [6.07, 6.45) is 7.96. The van der Waals surface area contributed by atoms with Gasteiger partial charge in [-0.15, -0.1) is 0 Å². The number of aromatic nitrogens is 5. The number of fused-ring (bicyclic) bond motifs is 2. The molecule has 4 aromatic heterocycles. The Morgan fingerprint density at radius 1 is 1.20 bits per heavy atom. The Morgan fingerprint density at radius 3 is 2.71 bits per heavy atom. The Hall–Kier alpha value is -3.20. The zero-order chi connectivity index (χ0) is 23.9. The van der Waals surface area contributed by atoms with E-state index in [1.807, 2.05) is 12.3 Å². The van der Waals surface area contributed by atoms with Crippen LogP contribution in [0.5, 0.6) is 5.75 Å². The number of pyridine rings is 2. The summed E-state index contributed by atoms with van der Waals surface area (Å²) in [6.45, 7) is 9.49. The van der Waals surface area contributed by atoms with Crippen LogP contribution in [0.3, 0.4) is 0 Å². The Morgan fingerprint density at radius 2 is 2.00 bits per heavy atom. The second-order valence-corrected chi connectivity index (χ2v) is 11.0. The van der Waals surface area contributed by atoms with E-state index >= 15 is 4.39 Å². The van der Waals surface area contributed by atoms with Crippen LogP contribution in [0.4, 0.5) is 10.2 Å². The molecule has 0 radical (unpaired) electrons. The first kappa shape index (κ1) is 21.1. The largest absolute Gasteiger partial charge is 0.493 e. The topological polar surface area (TPSA) is 74.6 Å². The Balaban J connectivity index is 1.24. The predicted octanol–water partition coefficient (Wildman–Crippen LogP) is 4.08. The quantitative estimate of drug-likeness (QED) is 0.453. The van der Waals surface area contributed by atoms with E-state index < -0.39 is 0 Å². The number of nitrogens with one attached hydrogen (secondary N) is 1. The van der Waals surface area contributed by atoms with Crippen molar-refractivity contribution in [2.24, 2.45) is 11.3 Å². The van der Waals surface area contributed by atoms with Crippen molar-refractivity contribution in [1.29, 1.82) is 0 Å². The zero-order valence-electron chi connectivity index (χ0n) is 20.4. The highest BCUT2D eigenvalue weighted by molar-refractivity contribution is 5.93. The molecule has 0 bridgehead atoms. The van der Waals surface area contributed by atoms with Crippen LogP contribution in [0.1, 0.15) is 38.2 Å². The molecule has 9 heteroatoms. The molecule has 0 unspecified atom stereocenters. The first-order valence-corrected chi connectivity index (χ1v) is 12.5. The average Bonchev–Trinajstić information content (AvgIpc) is 3.32. The average molecular weight is 476 g/mol. The van der Waals surface area contributed by atoms with Crippen LogP contribution in [0, 0.1) is 17.2 Å². The first-order valence-electron chi connectivity index (χ1n) is 12.5. The third-order valence-electron chi connectivity index (χ3n) is 7.91. The normalized spacial score (nSPS) is 19.6. The lowest BCUT2D eigenvalue weighted by Crippen LogP contribution is -2.72. The molecular formula is C26H30FN7O. The number of hydrogen-bond acceptors (Lipinski definition) is 6. The number of halogens is 1. The Kier molecular flexibility index (Phi) is 4.46. The van der Waals surface area contributed by atoms with Gasteiger partial charge in [0.15, 0.2) is 23.0 Å². The Bertz CT molecular complexity index is 1440. The maximum absolute atomic E-state index is 16.1. The molecule has 0 atom stereocenters. The van der Waals surface area contributed by atoms with E-state index in [1.54, 1.807) is 17.8 Å². The van der Waals surface area contributed by atoms with Crippen molar-refractivity contribution >= 4 is 22.4 Å². The van der Waals surface area contributed by atoms with Gasteiger partial charge in [-0.05, 0) is 36.3 Å². The van der Waals surface area contributed by atoms with Gasteiger partial charge in [0.25, 0.3) is 0 Å². The molecule has 0 amide bonds. The van der Waals surface area contributed by atoms with Gasteiger partial charge < -0.3 is 19.5 Å². The van der Waals surface area contributed by atoms with E-state index in [4.69, 9.17) is 4.74 Å². The van der Waals surface area contributed by atoms with E-state index in [1.165, 1.54) is 25.7 Å². The second kappa shape index (κ2) is 7.40. The fourth-order valence-corrected chi connectivity index (χ4v) is 6.18. The van der Waals surface area contributed by atoms with Crippen LogP contribution in [-0.2, 0) is 0 Å². The molecule has 1 saturated carbocycles. The van der Waals surface area contributed by atoms with Crippen molar-refractivity contribution < 1.29 is 9.13 Å². The van der Waals surface area contributed by atoms with Crippen molar-refractivity contribution in [2.75, 3.05) is 44.7 Å². The molecule has 2 aliphatic heterocycles. The number of rotatable bonds is 6. The molecule has 3 fully saturated rings. The van der Waals surface area contributed by atoms with Crippen LogP contribution >= 0.6 is 0 Å². The SMILES string of the molecule is COc1cc(-c2[nH]c3cnc(N4CC5(CN(CC6CC6)C5)C4)c(F)c3c2C(C)C)cn2ncnc12. The molecule has 1 spiro atoms. The van der Waals surface area contributed by atoms with Crippen LogP contribution in [-0.4, -0.2) is 69.3 Å². The summed E-state index contributed by atoms with van der Waals surface area (Å²) in [6, 6.07) is 1.93. The third kappa shape index (κ3) is 3.24. The number of anilines is 1. The van der Waals surface area contributed by atoms with Gasteiger partial charge in [0.1, 0.15) is 6.33 Å². The highest BCUT2D eigenvalue weighted by Crippen LogP contribution is 2.46. The molecule has 2 saturated heterocycles. The molecule has 0 aromatic carbocycles. The van der Waals surface area contributed by atoms with E-state index in [-0.39, 0.29) is 11.7 Å². The molecule has 182 valence electrons. The summed E-state index contributed by atoms with van der Waals surface area (Å²) in [7, 11) is 1.62. The minimum atomic E-state index is -0.230. The molecule has 7 rings (SSSR count). The standard InChI is InChI=1S/C26H30FN7O/c1-15(2)20-21-18(31-23(20)17-6-19(35-3)24-29-14-30-34(24)9-17)7-28-25(22(21)27)33-12-26(13-33)10-32(11-26)8-16-4-5-16/h6-7,9,14-16,31H,4-5,8,10-13H2,1-3H3. The fraction of sp³-hybridized carbons (Fsp3) is 0.500. The number of nitrogens with zero attached hydrogens (tertiary/aromatic N) is 6. The number of methoxy groups -OCH3 is 1. The summed E-state index contributed by atoms with van der Waals surface area (Å²) < 4.78 is 23.3. The molecule has 1 N–H and O–H groups in total. The van der Waals surface area contributed by atoms with Crippen LogP contribution in [0.25, 0.3) is 27.8 Å². The maximum atomic E-state index is 16.1. The summed E-state index contributed by atoms with van der Waals surface area (Å²) in [4.78, 5) is 17.0. The number of H-pyrrole nitrogens is 1. The van der Waals surface area contributed by atoms with Crippen molar-refractivity contribution in [1.82, 2.24) is 29.5 Å². The van der Waals surface area contributed by atoms with Crippen LogP contribution in [0.15, 0.2) is 24.8 Å². The monoisotopic (exact) mass is 475 g/mol. The lowest BCUT2D eigenvalue weighted by molar-refractivity contribution is -0.0248. The summed E-state index contributed by atoms with van der Waals surface area (Å²) in [5.41, 5.74) is 4.35.